The highest BCUT2D eigenvalue weighted by molar-refractivity contribution is 7.99. The van der Waals surface area contributed by atoms with E-state index in [2.05, 4.69) is 15.3 Å². The highest BCUT2D eigenvalue weighted by atomic mass is 32.2. The van der Waals surface area contributed by atoms with Gasteiger partial charge in [-0.15, -0.1) is 0 Å². The molecule has 2 aromatic heterocycles. The number of aromatic nitrogens is 3. The molecule has 8 heteroatoms. The van der Waals surface area contributed by atoms with Gasteiger partial charge in [0.05, 0.1) is 16.7 Å². The molecular weight excluding hydrogens is 427 g/mol. The van der Waals surface area contributed by atoms with E-state index in [4.69, 9.17) is 0 Å². The smallest absolute Gasteiger partial charge is 0.267 e. The number of rotatable bonds is 6. The van der Waals surface area contributed by atoms with Gasteiger partial charge in [-0.25, -0.2) is 18.9 Å². The minimum atomic E-state index is -0.305. The van der Waals surface area contributed by atoms with E-state index >= 15 is 0 Å². The molecule has 32 heavy (non-hydrogen) atoms. The molecule has 0 saturated heterocycles. The van der Waals surface area contributed by atoms with E-state index in [1.54, 1.807) is 49.5 Å². The minimum Gasteiger partial charge on any atom is -0.351 e. The van der Waals surface area contributed by atoms with Crippen molar-refractivity contribution in [1.82, 2.24) is 19.9 Å². The SMILES string of the molecule is Cc1ccc(-n2c(SCC(=O)NCc3ccc(C)c(F)c3)nc3ccccc3c2=O)nc1. The molecule has 0 spiro atoms. The molecule has 1 N–H and O–H groups in total. The highest BCUT2D eigenvalue weighted by Gasteiger charge is 2.15. The van der Waals surface area contributed by atoms with Gasteiger partial charge in [-0.05, 0) is 54.8 Å². The van der Waals surface area contributed by atoms with Gasteiger partial charge in [0.1, 0.15) is 11.6 Å². The summed E-state index contributed by atoms with van der Waals surface area (Å²) in [6.45, 7) is 3.82. The Kier molecular flexibility index (Phi) is 6.32. The van der Waals surface area contributed by atoms with Crippen LogP contribution in [0.4, 0.5) is 4.39 Å². The molecular formula is C24H21FN4O2S. The number of nitrogens with one attached hydrogen (secondary N) is 1. The Morgan fingerprint density at radius 3 is 2.69 bits per heavy atom. The molecule has 0 unspecified atom stereocenters. The maximum atomic E-state index is 13.7. The van der Waals surface area contributed by atoms with Crippen LogP contribution < -0.4 is 10.9 Å². The van der Waals surface area contributed by atoms with E-state index in [1.807, 2.05) is 19.1 Å². The summed E-state index contributed by atoms with van der Waals surface area (Å²) in [4.78, 5) is 34.6. The average Bonchev–Trinajstić information content (AvgIpc) is 2.79. The van der Waals surface area contributed by atoms with Gasteiger partial charge in [0, 0.05) is 12.7 Å². The Morgan fingerprint density at radius 1 is 1.12 bits per heavy atom. The lowest BCUT2D eigenvalue weighted by molar-refractivity contribution is -0.118. The lowest BCUT2D eigenvalue weighted by Crippen LogP contribution is -2.26. The number of carbonyl (C=O) groups is 1. The molecule has 6 nitrogen and oxygen atoms in total. The van der Waals surface area contributed by atoms with Gasteiger partial charge in [0.15, 0.2) is 5.16 Å². The van der Waals surface area contributed by atoms with Crippen LogP contribution in [-0.2, 0) is 11.3 Å². The number of aryl methyl sites for hydroxylation is 2. The van der Waals surface area contributed by atoms with Crippen molar-refractivity contribution < 1.29 is 9.18 Å². The molecule has 2 aromatic carbocycles. The molecule has 0 aliphatic carbocycles. The first-order valence-electron chi connectivity index (χ1n) is 10.0. The first-order valence-corrected chi connectivity index (χ1v) is 11.0. The summed E-state index contributed by atoms with van der Waals surface area (Å²) in [7, 11) is 0. The number of hydrogen-bond donors (Lipinski definition) is 1. The van der Waals surface area contributed by atoms with Gasteiger partial charge in [-0.2, -0.15) is 0 Å². The van der Waals surface area contributed by atoms with E-state index in [-0.39, 0.29) is 29.6 Å². The second kappa shape index (κ2) is 9.32. The summed E-state index contributed by atoms with van der Waals surface area (Å²) in [5, 5.41) is 3.63. The van der Waals surface area contributed by atoms with Crippen LogP contribution >= 0.6 is 11.8 Å². The van der Waals surface area contributed by atoms with Gasteiger partial charge < -0.3 is 5.32 Å². The Balaban J connectivity index is 1.57. The average molecular weight is 449 g/mol. The number of fused-ring (bicyclic) bond motifs is 1. The molecule has 0 bridgehead atoms. The van der Waals surface area contributed by atoms with Crippen LogP contribution in [0.25, 0.3) is 16.7 Å². The number of nitrogens with zero attached hydrogens (tertiary/aromatic N) is 3. The molecule has 0 fully saturated rings. The number of pyridine rings is 1. The minimum absolute atomic E-state index is 0.0466. The zero-order valence-corrected chi connectivity index (χ0v) is 18.4. The fraction of sp³-hybridized carbons (Fsp3) is 0.167. The quantitative estimate of drug-likeness (QED) is 0.357. The zero-order valence-electron chi connectivity index (χ0n) is 17.6. The second-order valence-corrected chi connectivity index (χ2v) is 8.34. The Hall–Kier alpha value is -3.52. The van der Waals surface area contributed by atoms with E-state index in [0.717, 1.165) is 17.3 Å². The summed E-state index contributed by atoms with van der Waals surface area (Å²) in [6.07, 6.45) is 1.68. The number of halogens is 1. The van der Waals surface area contributed by atoms with Crippen LogP contribution in [0.1, 0.15) is 16.7 Å². The molecule has 4 rings (SSSR count). The maximum Gasteiger partial charge on any atom is 0.267 e. The van der Waals surface area contributed by atoms with Crippen molar-refractivity contribution in [1.29, 1.82) is 0 Å². The number of thioether (sulfide) groups is 1. The third kappa shape index (κ3) is 4.70. The van der Waals surface area contributed by atoms with Crippen LogP contribution in [0.3, 0.4) is 0 Å². The number of hydrogen-bond acceptors (Lipinski definition) is 5. The molecule has 4 aromatic rings. The van der Waals surface area contributed by atoms with Gasteiger partial charge in [0.25, 0.3) is 5.56 Å². The molecule has 162 valence electrons. The van der Waals surface area contributed by atoms with Crippen molar-refractivity contribution >= 4 is 28.6 Å². The number of carbonyl (C=O) groups excluding carboxylic acids is 1. The fourth-order valence-electron chi connectivity index (χ4n) is 3.13. The zero-order chi connectivity index (χ0) is 22.7. The Labute approximate surface area is 188 Å². The van der Waals surface area contributed by atoms with Crippen molar-refractivity contribution in [2.75, 3.05) is 5.75 Å². The van der Waals surface area contributed by atoms with Crippen molar-refractivity contribution in [2.24, 2.45) is 0 Å². The Bertz CT molecular complexity index is 1350. The third-order valence-electron chi connectivity index (χ3n) is 4.93. The van der Waals surface area contributed by atoms with Crippen LogP contribution in [0, 0.1) is 19.7 Å². The molecule has 0 radical (unpaired) electrons. The van der Waals surface area contributed by atoms with Gasteiger partial charge in [-0.3, -0.25) is 9.59 Å². The summed E-state index contributed by atoms with van der Waals surface area (Å²) in [5.74, 6) is -0.0647. The molecule has 1 amide bonds. The number of para-hydroxylation sites is 1. The molecule has 0 atom stereocenters. The second-order valence-electron chi connectivity index (χ2n) is 7.39. The topological polar surface area (TPSA) is 76.9 Å². The number of amides is 1. The van der Waals surface area contributed by atoms with Crippen molar-refractivity contribution in [3.8, 4) is 5.82 Å². The molecule has 0 aliphatic rings. The van der Waals surface area contributed by atoms with E-state index < -0.39 is 0 Å². The molecule has 2 heterocycles. The normalized spacial score (nSPS) is 11.0. The predicted molar refractivity (Wildman–Crippen MR) is 124 cm³/mol. The van der Waals surface area contributed by atoms with Crippen molar-refractivity contribution in [2.45, 2.75) is 25.5 Å². The van der Waals surface area contributed by atoms with Gasteiger partial charge in [-0.1, -0.05) is 42.1 Å². The van der Waals surface area contributed by atoms with Crippen LogP contribution in [-0.4, -0.2) is 26.2 Å². The van der Waals surface area contributed by atoms with Gasteiger partial charge >= 0.3 is 0 Å². The van der Waals surface area contributed by atoms with Crippen LogP contribution in [0.2, 0.25) is 0 Å². The largest absolute Gasteiger partial charge is 0.351 e. The molecule has 0 aliphatic heterocycles. The summed E-state index contributed by atoms with van der Waals surface area (Å²) in [5.41, 5.74) is 2.51. The summed E-state index contributed by atoms with van der Waals surface area (Å²) < 4.78 is 15.1. The number of benzene rings is 2. The van der Waals surface area contributed by atoms with E-state index in [9.17, 15) is 14.0 Å². The van der Waals surface area contributed by atoms with Crippen LogP contribution in [0.15, 0.2) is 70.7 Å². The lowest BCUT2D eigenvalue weighted by atomic mass is 10.1. The van der Waals surface area contributed by atoms with Gasteiger partial charge in [0.2, 0.25) is 5.91 Å². The van der Waals surface area contributed by atoms with E-state index in [0.29, 0.717) is 33.0 Å². The first kappa shape index (κ1) is 21.7. The van der Waals surface area contributed by atoms with E-state index in [1.165, 1.54) is 10.6 Å². The van der Waals surface area contributed by atoms with Crippen molar-refractivity contribution in [3.05, 3.63) is 93.7 Å². The molecule has 0 saturated carbocycles. The highest BCUT2D eigenvalue weighted by Crippen LogP contribution is 2.20. The monoisotopic (exact) mass is 448 g/mol. The van der Waals surface area contributed by atoms with Crippen LogP contribution in [0.5, 0.6) is 0 Å². The summed E-state index contributed by atoms with van der Waals surface area (Å²) in [6, 6.07) is 15.6. The maximum absolute atomic E-state index is 13.7. The lowest BCUT2D eigenvalue weighted by Gasteiger charge is -2.13. The van der Waals surface area contributed by atoms with Crippen molar-refractivity contribution in [3.63, 3.8) is 0 Å². The standard InChI is InChI=1S/C24H21FN4O2S/c1-15-7-10-21(26-12-15)29-23(31)18-5-3-4-6-20(18)28-24(29)32-14-22(30)27-13-17-9-8-16(2)19(25)11-17/h3-12H,13-14H2,1-2H3,(H,27,30). The Morgan fingerprint density at radius 2 is 1.94 bits per heavy atom. The first-order chi connectivity index (χ1) is 15.4. The summed E-state index contributed by atoms with van der Waals surface area (Å²) >= 11 is 1.15. The fourth-order valence-corrected chi connectivity index (χ4v) is 3.96. The predicted octanol–water partition coefficient (Wildman–Crippen LogP) is 3.95. The third-order valence-corrected chi connectivity index (χ3v) is 5.87.